The average molecular weight is 474 g/mol. The van der Waals surface area contributed by atoms with E-state index in [0.717, 1.165) is 12.1 Å². The van der Waals surface area contributed by atoms with Crippen LogP contribution in [0.4, 0.5) is 41.9 Å². The molecule has 0 aliphatic rings. The van der Waals surface area contributed by atoms with Gasteiger partial charge in [0.15, 0.2) is 11.6 Å². The van der Waals surface area contributed by atoms with Crippen LogP contribution >= 0.6 is 23.2 Å². The molecule has 12 heteroatoms. The monoisotopic (exact) mass is 473 g/mol. The Morgan fingerprint density at radius 3 is 2.16 bits per heavy atom. The van der Waals surface area contributed by atoms with Gasteiger partial charge in [0, 0.05) is 11.8 Å². The van der Waals surface area contributed by atoms with Gasteiger partial charge in [0.1, 0.15) is 23.5 Å². The molecule has 0 fully saturated rings. The van der Waals surface area contributed by atoms with Gasteiger partial charge < -0.3 is 25.8 Å². The summed E-state index contributed by atoms with van der Waals surface area (Å²) in [7, 11) is 2.93. The SMILES string of the molecule is COc1cc(OC)c(Nc2ncnc(Nc3ccc(Cl)c(C(F)(F)F)c3)c2N)cc1Cl. The topological polar surface area (TPSA) is 94.3 Å². The number of aromatic nitrogens is 2. The summed E-state index contributed by atoms with van der Waals surface area (Å²) in [6.45, 7) is 0. The quantitative estimate of drug-likeness (QED) is 0.410. The zero-order valence-electron chi connectivity index (χ0n) is 16.1. The average Bonchev–Trinajstić information content (AvgIpc) is 2.71. The minimum Gasteiger partial charge on any atom is -0.495 e. The van der Waals surface area contributed by atoms with Crippen molar-refractivity contribution < 1.29 is 22.6 Å². The van der Waals surface area contributed by atoms with Crippen molar-refractivity contribution in [2.24, 2.45) is 0 Å². The number of ether oxygens (including phenoxy) is 2. The Morgan fingerprint density at radius 1 is 0.903 bits per heavy atom. The molecule has 0 unspecified atom stereocenters. The maximum Gasteiger partial charge on any atom is 0.417 e. The van der Waals surface area contributed by atoms with Crippen molar-refractivity contribution in [1.82, 2.24) is 9.97 Å². The van der Waals surface area contributed by atoms with E-state index in [9.17, 15) is 13.2 Å². The number of halogens is 5. The first-order valence-electron chi connectivity index (χ1n) is 8.56. The highest BCUT2D eigenvalue weighted by atomic mass is 35.5. The van der Waals surface area contributed by atoms with Crippen LogP contribution in [0.5, 0.6) is 11.5 Å². The molecule has 0 saturated carbocycles. The van der Waals surface area contributed by atoms with Crippen LogP contribution in [0, 0.1) is 0 Å². The second-order valence-electron chi connectivity index (χ2n) is 6.11. The van der Waals surface area contributed by atoms with Gasteiger partial charge in [-0.1, -0.05) is 23.2 Å². The summed E-state index contributed by atoms with van der Waals surface area (Å²) in [6.07, 6.45) is -3.41. The molecule has 0 bridgehead atoms. The van der Waals surface area contributed by atoms with Crippen molar-refractivity contribution >= 4 is 51.9 Å². The number of rotatable bonds is 6. The van der Waals surface area contributed by atoms with E-state index in [-0.39, 0.29) is 23.0 Å². The summed E-state index contributed by atoms with van der Waals surface area (Å²) in [5, 5.41) is 5.62. The smallest absolute Gasteiger partial charge is 0.417 e. The zero-order valence-corrected chi connectivity index (χ0v) is 17.7. The van der Waals surface area contributed by atoms with E-state index in [1.807, 2.05) is 0 Å². The Labute approximate surface area is 185 Å². The number of nitrogens with zero attached hydrogens (tertiary/aromatic N) is 2. The molecule has 0 amide bonds. The fourth-order valence-electron chi connectivity index (χ4n) is 2.64. The van der Waals surface area contributed by atoms with Gasteiger partial charge in [0.05, 0.1) is 35.5 Å². The second kappa shape index (κ2) is 8.94. The van der Waals surface area contributed by atoms with Gasteiger partial charge >= 0.3 is 6.18 Å². The maximum absolute atomic E-state index is 13.1. The predicted molar refractivity (Wildman–Crippen MR) is 114 cm³/mol. The maximum atomic E-state index is 13.1. The van der Waals surface area contributed by atoms with E-state index in [1.165, 1.54) is 26.6 Å². The number of hydrogen-bond acceptors (Lipinski definition) is 7. The molecule has 3 aromatic rings. The van der Waals surface area contributed by atoms with E-state index in [4.69, 9.17) is 38.4 Å². The van der Waals surface area contributed by atoms with Crippen molar-refractivity contribution in [3.05, 3.63) is 52.3 Å². The van der Waals surface area contributed by atoms with Crippen molar-refractivity contribution in [3.8, 4) is 11.5 Å². The van der Waals surface area contributed by atoms with Crippen LogP contribution in [-0.4, -0.2) is 24.2 Å². The normalized spacial score (nSPS) is 11.2. The number of nitrogens with two attached hydrogens (primary N) is 1. The van der Waals surface area contributed by atoms with Crippen molar-refractivity contribution in [2.75, 3.05) is 30.6 Å². The standard InChI is InChI=1S/C19H16Cl2F3N5O2/c1-30-14-7-15(31-2)13(6-12(14)21)29-18-16(25)17(26-8-27-18)28-9-3-4-11(20)10(5-9)19(22,23)24/h3-8H,25H2,1-2H3,(H2,26,27,28,29). The van der Waals surface area contributed by atoms with Crippen LogP contribution in [0.25, 0.3) is 0 Å². The Bertz CT molecular complexity index is 1110. The van der Waals surface area contributed by atoms with Gasteiger partial charge in [0.2, 0.25) is 0 Å². The third-order valence-corrected chi connectivity index (χ3v) is 4.77. The molecule has 2 aromatic carbocycles. The van der Waals surface area contributed by atoms with Gasteiger partial charge in [-0.2, -0.15) is 13.2 Å². The lowest BCUT2D eigenvalue weighted by Gasteiger charge is -2.16. The first-order valence-corrected chi connectivity index (χ1v) is 9.32. The molecule has 0 saturated heterocycles. The largest absolute Gasteiger partial charge is 0.495 e. The Balaban J connectivity index is 1.92. The lowest BCUT2D eigenvalue weighted by molar-refractivity contribution is -0.137. The molecule has 4 N–H and O–H groups in total. The fraction of sp³-hybridized carbons (Fsp3) is 0.158. The van der Waals surface area contributed by atoms with Crippen LogP contribution in [0.3, 0.4) is 0 Å². The summed E-state index contributed by atoms with van der Waals surface area (Å²) >= 11 is 11.8. The van der Waals surface area contributed by atoms with E-state index in [0.29, 0.717) is 22.2 Å². The fourth-order valence-corrected chi connectivity index (χ4v) is 3.10. The van der Waals surface area contributed by atoms with E-state index >= 15 is 0 Å². The number of benzene rings is 2. The summed E-state index contributed by atoms with van der Waals surface area (Å²) in [5.41, 5.74) is 5.73. The number of nitrogen functional groups attached to an aromatic ring is 1. The highest BCUT2D eigenvalue weighted by Gasteiger charge is 2.33. The lowest BCUT2D eigenvalue weighted by atomic mass is 10.2. The molecule has 1 aromatic heterocycles. The van der Waals surface area contributed by atoms with Crippen LogP contribution < -0.4 is 25.8 Å². The Hall–Kier alpha value is -3.11. The molecule has 0 atom stereocenters. The van der Waals surface area contributed by atoms with Gasteiger partial charge in [-0.15, -0.1) is 0 Å². The molecule has 0 radical (unpaired) electrons. The van der Waals surface area contributed by atoms with Gasteiger partial charge in [-0.25, -0.2) is 9.97 Å². The number of alkyl halides is 3. The third kappa shape index (κ3) is 4.97. The first-order chi connectivity index (χ1) is 14.6. The summed E-state index contributed by atoms with van der Waals surface area (Å²) in [6, 6.07) is 6.51. The second-order valence-corrected chi connectivity index (χ2v) is 6.93. The molecule has 31 heavy (non-hydrogen) atoms. The minimum atomic E-state index is -4.61. The van der Waals surface area contributed by atoms with Crippen LogP contribution in [-0.2, 0) is 6.18 Å². The number of nitrogens with one attached hydrogen (secondary N) is 2. The van der Waals surface area contributed by atoms with Crippen LogP contribution in [0.2, 0.25) is 10.0 Å². The summed E-state index contributed by atoms with van der Waals surface area (Å²) in [4.78, 5) is 8.08. The first kappa shape index (κ1) is 22.6. The van der Waals surface area contributed by atoms with Gasteiger partial charge in [-0.05, 0) is 24.3 Å². The number of methoxy groups -OCH3 is 2. The molecule has 0 spiro atoms. The molecule has 7 nitrogen and oxygen atoms in total. The molecule has 0 aliphatic carbocycles. The molecular formula is C19H16Cl2F3N5O2. The molecule has 0 aliphatic heterocycles. The highest BCUT2D eigenvalue weighted by Crippen LogP contribution is 2.39. The molecule has 3 rings (SSSR count). The van der Waals surface area contributed by atoms with Crippen LogP contribution in [0.15, 0.2) is 36.7 Å². The molecule has 1 heterocycles. The molecule has 164 valence electrons. The summed E-state index contributed by atoms with van der Waals surface area (Å²) in [5.74, 6) is 1.08. The Morgan fingerprint density at radius 2 is 1.55 bits per heavy atom. The van der Waals surface area contributed by atoms with Crippen molar-refractivity contribution in [3.63, 3.8) is 0 Å². The zero-order chi connectivity index (χ0) is 22.8. The van der Waals surface area contributed by atoms with E-state index in [2.05, 4.69) is 20.6 Å². The number of anilines is 5. The third-order valence-electron chi connectivity index (χ3n) is 4.15. The lowest BCUT2D eigenvalue weighted by Crippen LogP contribution is -2.08. The highest BCUT2D eigenvalue weighted by molar-refractivity contribution is 6.32. The predicted octanol–water partition coefficient (Wildman–Crippen LogP) is 5.89. The molecular weight excluding hydrogens is 458 g/mol. The Kier molecular flexibility index (Phi) is 6.51. The number of hydrogen-bond donors (Lipinski definition) is 3. The summed E-state index contributed by atoms with van der Waals surface area (Å²) < 4.78 is 49.8. The van der Waals surface area contributed by atoms with E-state index in [1.54, 1.807) is 12.1 Å². The van der Waals surface area contributed by atoms with Crippen molar-refractivity contribution in [2.45, 2.75) is 6.18 Å². The van der Waals surface area contributed by atoms with E-state index < -0.39 is 16.8 Å². The van der Waals surface area contributed by atoms with Crippen molar-refractivity contribution in [1.29, 1.82) is 0 Å². The van der Waals surface area contributed by atoms with Gasteiger partial charge in [-0.3, -0.25) is 0 Å². The van der Waals surface area contributed by atoms with Crippen LogP contribution in [0.1, 0.15) is 5.56 Å². The van der Waals surface area contributed by atoms with Gasteiger partial charge in [0.25, 0.3) is 0 Å². The minimum absolute atomic E-state index is 0.0556.